The third kappa shape index (κ3) is 1.90. The molecule has 66 valence electrons. The highest BCUT2D eigenvalue weighted by Crippen LogP contribution is 2.17. The molecule has 0 N–H and O–H groups in total. The van der Waals surface area contributed by atoms with E-state index < -0.39 is 0 Å². The molecule has 1 fully saturated rings. The summed E-state index contributed by atoms with van der Waals surface area (Å²) in [6.07, 6.45) is 2.67. The second-order valence-electron chi connectivity index (χ2n) is 3.19. The predicted octanol–water partition coefficient (Wildman–Crippen LogP) is 2.64. The zero-order valence-corrected chi connectivity index (χ0v) is 8.51. The van der Waals surface area contributed by atoms with Crippen LogP contribution in [0.3, 0.4) is 0 Å². The van der Waals surface area contributed by atoms with Crippen LogP contribution in [0, 0.1) is 0 Å². The Morgan fingerprint density at radius 2 is 2.08 bits per heavy atom. The normalized spacial score (nSPS) is 18.8. The molecule has 0 aliphatic carbocycles. The number of hydrogen-bond donors (Lipinski definition) is 0. The molecule has 0 spiro atoms. The zero-order valence-electron chi connectivity index (χ0n) is 6.92. The molecule has 1 aliphatic rings. The maximum atomic E-state index is 5.42. The van der Waals surface area contributed by atoms with Gasteiger partial charge in [0.25, 0.3) is 0 Å². The van der Waals surface area contributed by atoms with Crippen molar-refractivity contribution in [2.24, 2.45) is 0 Å². The van der Waals surface area contributed by atoms with E-state index in [4.69, 9.17) is 4.42 Å². The summed E-state index contributed by atoms with van der Waals surface area (Å²) in [4.78, 5) is 2.42. The van der Waals surface area contributed by atoms with Gasteiger partial charge in [-0.25, -0.2) is 0 Å². The lowest BCUT2D eigenvalue weighted by Gasteiger charge is -2.11. The van der Waals surface area contributed by atoms with Crippen molar-refractivity contribution in [1.29, 1.82) is 0 Å². The van der Waals surface area contributed by atoms with Crippen molar-refractivity contribution in [1.82, 2.24) is 4.90 Å². The first kappa shape index (κ1) is 8.32. The summed E-state index contributed by atoms with van der Waals surface area (Å²) in [6.45, 7) is 3.40. The van der Waals surface area contributed by atoms with E-state index in [2.05, 4.69) is 20.8 Å². The fourth-order valence-electron chi connectivity index (χ4n) is 1.60. The molecule has 0 radical (unpaired) electrons. The minimum atomic E-state index is 0.830. The van der Waals surface area contributed by atoms with E-state index in [1.54, 1.807) is 0 Å². The monoisotopic (exact) mass is 229 g/mol. The van der Waals surface area contributed by atoms with Gasteiger partial charge in [0.05, 0.1) is 6.54 Å². The summed E-state index contributed by atoms with van der Waals surface area (Å²) in [5, 5.41) is 0. The second-order valence-corrected chi connectivity index (χ2v) is 3.97. The van der Waals surface area contributed by atoms with Gasteiger partial charge in [0.1, 0.15) is 5.76 Å². The van der Waals surface area contributed by atoms with Gasteiger partial charge in [0, 0.05) is 0 Å². The van der Waals surface area contributed by atoms with Crippen molar-refractivity contribution in [2.45, 2.75) is 19.4 Å². The fraction of sp³-hybridized carbons (Fsp3) is 0.556. The Labute approximate surface area is 80.7 Å². The summed E-state index contributed by atoms with van der Waals surface area (Å²) in [5.41, 5.74) is 0. The van der Waals surface area contributed by atoms with Crippen LogP contribution in [0.2, 0.25) is 0 Å². The largest absolute Gasteiger partial charge is 0.453 e. The van der Waals surface area contributed by atoms with Crippen LogP contribution in [0.1, 0.15) is 18.6 Å². The van der Waals surface area contributed by atoms with Crippen molar-refractivity contribution < 1.29 is 4.42 Å². The lowest BCUT2D eigenvalue weighted by molar-refractivity contribution is 0.295. The number of nitrogens with zero attached hydrogens (tertiary/aromatic N) is 1. The van der Waals surface area contributed by atoms with Gasteiger partial charge in [0.2, 0.25) is 0 Å². The maximum absolute atomic E-state index is 5.42. The molecule has 0 saturated carbocycles. The summed E-state index contributed by atoms with van der Waals surface area (Å²) in [6, 6.07) is 3.98. The van der Waals surface area contributed by atoms with Crippen LogP contribution in [-0.4, -0.2) is 18.0 Å². The van der Waals surface area contributed by atoms with Crippen molar-refractivity contribution >= 4 is 15.9 Å². The molecule has 1 saturated heterocycles. The molecular formula is C9H12BrNO. The van der Waals surface area contributed by atoms with E-state index in [1.165, 1.54) is 25.9 Å². The maximum Gasteiger partial charge on any atom is 0.169 e. The first-order chi connectivity index (χ1) is 5.84. The quantitative estimate of drug-likeness (QED) is 0.776. The van der Waals surface area contributed by atoms with Crippen molar-refractivity contribution in [3.8, 4) is 0 Å². The van der Waals surface area contributed by atoms with Crippen molar-refractivity contribution in [3.05, 3.63) is 22.6 Å². The smallest absolute Gasteiger partial charge is 0.169 e. The molecule has 12 heavy (non-hydrogen) atoms. The first-order valence-corrected chi connectivity index (χ1v) is 5.10. The molecule has 2 heterocycles. The lowest BCUT2D eigenvalue weighted by atomic mass is 10.4. The summed E-state index contributed by atoms with van der Waals surface area (Å²) in [5.74, 6) is 1.06. The molecule has 0 atom stereocenters. The number of hydrogen-bond acceptors (Lipinski definition) is 2. The Morgan fingerprint density at radius 1 is 1.33 bits per heavy atom. The standard InChI is InChI=1S/C9H12BrNO/c10-9-4-3-8(12-9)7-11-5-1-2-6-11/h3-4H,1-2,5-7H2. The van der Waals surface area contributed by atoms with E-state index >= 15 is 0 Å². The SMILES string of the molecule is Brc1ccc(CN2CCCC2)o1. The summed E-state index contributed by atoms with van der Waals surface area (Å²) < 4.78 is 6.25. The highest BCUT2D eigenvalue weighted by Gasteiger charge is 2.12. The van der Waals surface area contributed by atoms with E-state index in [1.807, 2.05) is 12.1 Å². The highest BCUT2D eigenvalue weighted by atomic mass is 79.9. The highest BCUT2D eigenvalue weighted by molar-refractivity contribution is 9.10. The van der Waals surface area contributed by atoms with Crippen LogP contribution in [0.25, 0.3) is 0 Å². The molecular weight excluding hydrogens is 218 g/mol. The Balaban J connectivity index is 1.94. The Hall–Kier alpha value is -0.280. The lowest BCUT2D eigenvalue weighted by Crippen LogP contribution is -2.17. The van der Waals surface area contributed by atoms with Crippen LogP contribution < -0.4 is 0 Å². The second kappa shape index (κ2) is 3.62. The molecule has 0 amide bonds. The van der Waals surface area contributed by atoms with Gasteiger partial charge >= 0.3 is 0 Å². The van der Waals surface area contributed by atoms with E-state index in [9.17, 15) is 0 Å². The van der Waals surface area contributed by atoms with Crippen LogP contribution >= 0.6 is 15.9 Å². The summed E-state index contributed by atoms with van der Waals surface area (Å²) >= 11 is 3.30. The predicted molar refractivity (Wildman–Crippen MR) is 50.9 cm³/mol. The number of rotatable bonds is 2. The average molecular weight is 230 g/mol. The topological polar surface area (TPSA) is 16.4 Å². The first-order valence-electron chi connectivity index (χ1n) is 4.31. The molecule has 1 aromatic rings. The van der Waals surface area contributed by atoms with E-state index in [-0.39, 0.29) is 0 Å². The van der Waals surface area contributed by atoms with Gasteiger partial charge in [-0.15, -0.1) is 0 Å². The van der Waals surface area contributed by atoms with Crippen LogP contribution in [0.15, 0.2) is 21.2 Å². The number of furan rings is 1. The summed E-state index contributed by atoms with van der Waals surface area (Å²) in [7, 11) is 0. The van der Waals surface area contributed by atoms with Gasteiger partial charge in [-0.05, 0) is 54.0 Å². The fourth-order valence-corrected chi connectivity index (χ4v) is 1.94. The Morgan fingerprint density at radius 3 is 2.67 bits per heavy atom. The van der Waals surface area contributed by atoms with Crippen LogP contribution in [0.5, 0.6) is 0 Å². The molecule has 3 heteroatoms. The van der Waals surface area contributed by atoms with Gasteiger partial charge in [-0.3, -0.25) is 4.90 Å². The van der Waals surface area contributed by atoms with Gasteiger partial charge < -0.3 is 4.42 Å². The molecule has 0 bridgehead atoms. The van der Waals surface area contributed by atoms with Gasteiger partial charge in [-0.1, -0.05) is 0 Å². The molecule has 2 rings (SSSR count). The molecule has 0 unspecified atom stereocenters. The third-order valence-electron chi connectivity index (χ3n) is 2.21. The Kier molecular flexibility index (Phi) is 2.51. The van der Waals surface area contributed by atoms with E-state index in [0.717, 1.165) is 17.0 Å². The molecule has 1 aromatic heterocycles. The van der Waals surface area contributed by atoms with Crippen LogP contribution in [0.4, 0.5) is 0 Å². The van der Waals surface area contributed by atoms with E-state index in [0.29, 0.717) is 0 Å². The van der Waals surface area contributed by atoms with Crippen molar-refractivity contribution in [2.75, 3.05) is 13.1 Å². The molecule has 1 aliphatic heterocycles. The third-order valence-corrected chi connectivity index (χ3v) is 2.63. The number of halogens is 1. The Bertz CT molecular complexity index is 253. The molecule has 0 aromatic carbocycles. The number of likely N-dealkylation sites (tertiary alicyclic amines) is 1. The zero-order chi connectivity index (χ0) is 8.39. The molecule has 2 nitrogen and oxygen atoms in total. The minimum Gasteiger partial charge on any atom is -0.453 e. The van der Waals surface area contributed by atoms with Gasteiger partial charge in [0.15, 0.2) is 4.67 Å². The average Bonchev–Trinajstić information content (AvgIpc) is 2.63. The minimum absolute atomic E-state index is 0.830. The van der Waals surface area contributed by atoms with Crippen LogP contribution in [-0.2, 0) is 6.54 Å². The van der Waals surface area contributed by atoms with Crippen molar-refractivity contribution in [3.63, 3.8) is 0 Å². The van der Waals surface area contributed by atoms with Gasteiger partial charge in [-0.2, -0.15) is 0 Å².